The van der Waals surface area contributed by atoms with E-state index in [0.29, 0.717) is 0 Å². The van der Waals surface area contributed by atoms with Crippen molar-refractivity contribution in [2.75, 3.05) is 4.90 Å². The lowest BCUT2D eigenvalue weighted by atomic mass is 9.87. The van der Waals surface area contributed by atoms with Crippen molar-refractivity contribution in [3.63, 3.8) is 0 Å². The number of fused-ring (bicyclic) bond motifs is 3. The Morgan fingerprint density at radius 3 is 1.54 bits per heavy atom. The van der Waals surface area contributed by atoms with E-state index in [4.69, 9.17) is 8.83 Å². The average molecular weight is 673 g/mol. The zero-order chi connectivity index (χ0) is 34.4. The second kappa shape index (κ2) is 12.7. The summed E-state index contributed by atoms with van der Waals surface area (Å²) in [5.74, 6) is 1.75. The van der Waals surface area contributed by atoms with Gasteiger partial charge in [-0.15, -0.1) is 0 Å². The molecule has 0 saturated heterocycles. The normalized spacial score (nSPS) is 14.7. The zero-order valence-electron chi connectivity index (χ0n) is 28.7. The van der Waals surface area contributed by atoms with Crippen molar-refractivity contribution in [3.05, 3.63) is 193 Å². The number of pyridine rings is 1. The molecular formula is C48H36N2O2. The summed E-state index contributed by atoms with van der Waals surface area (Å²) in [6.07, 6.45) is 17.8. The van der Waals surface area contributed by atoms with E-state index in [1.807, 2.05) is 36.4 Å². The molecule has 2 aliphatic rings. The van der Waals surface area contributed by atoms with Gasteiger partial charge >= 0.3 is 0 Å². The van der Waals surface area contributed by atoms with Gasteiger partial charge in [-0.1, -0.05) is 60.7 Å². The van der Waals surface area contributed by atoms with Crippen molar-refractivity contribution >= 4 is 44.4 Å². The molecule has 0 fully saturated rings. The highest BCUT2D eigenvalue weighted by Gasteiger charge is 2.21. The Balaban J connectivity index is 0.968. The fourth-order valence-corrected chi connectivity index (χ4v) is 7.73. The number of furan rings is 2. The number of para-hydroxylation sites is 2. The first-order valence-electron chi connectivity index (χ1n) is 18.1. The van der Waals surface area contributed by atoms with Crippen LogP contribution >= 0.6 is 0 Å². The minimum absolute atomic E-state index is 0.877. The number of anilines is 2. The van der Waals surface area contributed by atoms with Gasteiger partial charge in [0.25, 0.3) is 0 Å². The summed E-state index contributed by atoms with van der Waals surface area (Å²) in [7, 11) is 0. The molecule has 4 heteroatoms. The van der Waals surface area contributed by atoms with Gasteiger partial charge in [0.15, 0.2) is 0 Å². The monoisotopic (exact) mass is 672 g/mol. The van der Waals surface area contributed by atoms with Crippen LogP contribution in [0.1, 0.15) is 31.2 Å². The van der Waals surface area contributed by atoms with Gasteiger partial charge in [-0.25, -0.2) is 0 Å². The molecule has 4 aromatic heterocycles. The average Bonchev–Trinajstić information content (AvgIpc) is 3.96. The van der Waals surface area contributed by atoms with Crippen molar-refractivity contribution in [1.29, 1.82) is 0 Å². The van der Waals surface area contributed by atoms with Crippen LogP contribution in [0.25, 0.3) is 55.7 Å². The lowest BCUT2D eigenvalue weighted by Crippen LogP contribution is -2.18. The number of rotatable bonds is 7. The highest BCUT2D eigenvalue weighted by atomic mass is 16.3. The second-order valence-electron chi connectivity index (χ2n) is 13.7. The van der Waals surface area contributed by atoms with Gasteiger partial charge in [0.05, 0.1) is 0 Å². The minimum Gasteiger partial charge on any atom is -0.456 e. The van der Waals surface area contributed by atoms with E-state index in [0.717, 1.165) is 81.6 Å². The number of hydrogen-bond acceptors (Lipinski definition) is 3. The van der Waals surface area contributed by atoms with Crippen LogP contribution in [0.4, 0.5) is 11.4 Å². The van der Waals surface area contributed by atoms with E-state index in [-0.39, 0.29) is 0 Å². The third-order valence-corrected chi connectivity index (χ3v) is 10.5. The number of aromatic nitrogens is 1. The molecule has 0 spiro atoms. The molecule has 250 valence electrons. The molecular weight excluding hydrogens is 637 g/mol. The standard InChI is InChI=1S/C48H36N2O2/c1-3-10-45-38(7-1)30-47(51-45)36-18-24-42(25-19-36)50(43-26-20-37(21-27-43)48-31-39-8-2-4-11-46(39)52-48)41-22-16-34(17-23-41)33-12-14-35(15-13-33)40-29-44-9-5-6-28-49(44)32-40/h1-12,14,16,18-22,24-32H,13,15,17,23H2. The Bertz CT molecular complexity index is 2510. The second-order valence-corrected chi connectivity index (χ2v) is 13.7. The highest BCUT2D eigenvalue weighted by Crippen LogP contribution is 2.40. The van der Waals surface area contributed by atoms with Crippen molar-refractivity contribution in [2.24, 2.45) is 0 Å². The van der Waals surface area contributed by atoms with E-state index in [1.54, 1.807) is 0 Å². The van der Waals surface area contributed by atoms with Crippen LogP contribution in [0, 0.1) is 0 Å². The predicted octanol–water partition coefficient (Wildman–Crippen LogP) is 13.3. The predicted molar refractivity (Wildman–Crippen MR) is 214 cm³/mol. The van der Waals surface area contributed by atoms with Gasteiger partial charge in [0.2, 0.25) is 0 Å². The van der Waals surface area contributed by atoms with Crippen LogP contribution in [0.2, 0.25) is 0 Å². The molecule has 4 aromatic carbocycles. The molecule has 0 amide bonds. The molecule has 2 aliphatic carbocycles. The topological polar surface area (TPSA) is 33.9 Å². The van der Waals surface area contributed by atoms with Crippen LogP contribution in [0.15, 0.2) is 196 Å². The smallest absolute Gasteiger partial charge is 0.135 e. The van der Waals surface area contributed by atoms with Gasteiger partial charge in [0, 0.05) is 56.9 Å². The highest BCUT2D eigenvalue weighted by molar-refractivity contribution is 5.85. The maximum atomic E-state index is 6.20. The Kier molecular flexibility index (Phi) is 7.38. The summed E-state index contributed by atoms with van der Waals surface area (Å²) in [5, 5.41) is 2.22. The van der Waals surface area contributed by atoms with E-state index in [1.165, 1.54) is 33.5 Å². The van der Waals surface area contributed by atoms with Crippen molar-refractivity contribution < 1.29 is 8.83 Å². The summed E-state index contributed by atoms with van der Waals surface area (Å²) >= 11 is 0. The number of benzene rings is 4. The van der Waals surface area contributed by atoms with Gasteiger partial charge < -0.3 is 18.1 Å². The Morgan fingerprint density at radius 1 is 0.462 bits per heavy atom. The zero-order valence-corrected chi connectivity index (χ0v) is 28.7. The fraction of sp³-hybridized carbons (Fsp3) is 0.0833. The van der Waals surface area contributed by atoms with Crippen molar-refractivity contribution in [2.45, 2.75) is 25.7 Å². The summed E-state index contributed by atoms with van der Waals surface area (Å²) in [6, 6.07) is 46.7. The van der Waals surface area contributed by atoms with Crippen LogP contribution in [0.3, 0.4) is 0 Å². The first-order chi connectivity index (χ1) is 25.7. The summed E-state index contributed by atoms with van der Waals surface area (Å²) in [4.78, 5) is 2.39. The maximum Gasteiger partial charge on any atom is 0.135 e. The van der Waals surface area contributed by atoms with Gasteiger partial charge in [-0.2, -0.15) is 0 Å². The van der Waals surface area contributed by atoms with Gasteiger partial charge in [-0.05, 0) is 145 Å². The number of nitrogens with zero attached hydrogens (tertiary/aromatic N) is 2. The van der Waals surface area contributed by atoms with Crippen LogP contribution in [-0.2, 0) is 0 Å². The molecule has 0 aliphatic heterocycles. The molecule has 4 heterocycles. The van der Waals surface area contributed by atoms with Crippen molar-refractivity contribution in [3.8, 4) is 22.6 Å². The van der Waals surface area contributed by atoms with Gasteiger partial charge in [-0.3, -0.25) is 0 Å². The van der Waals surface area contributed by atoms with E-state index in [2.05, 4.69) is 143 Å². The molecule has 0 unspecified atom stereocenters. The molecule has 0 N–H and O–H groups in total. The maximum absolute atomic E-state index is 6.20. The SMILES string of the molecule is C1=C(C2=CC=C(N(c3ccc(-c4cc5ccccc5o4)cc3)c3ccc(-c4cc5ccccc5o4)cc3)CC2)CCC(c2cc3ccccn3c2)=C1. The first-order valence-corrected chi connectivity index (χ1v) is 18.1. The summed E-state index contributed by atoms with van der Waals surface area (Å²) in [5.41, 5.74) is 14.3. The van der Waals surface area contributed by atoms with E-state index >= 15 is 0 Å². The van der Waals surface area contributed by atoms with E-state index in [9.17, 15) is 0 Å². The van der Waals surface area contributed by atoms with Crippen LogP contribution < -0.4 is 4.90 Å². The van der Waals surface area contributed by atoms with Crippen molar-refractivity contribution in [1.82, 2.24) is 4.40 Å². The molecule has 8 aromatic rings. The Morgan fingerprint density at radius 2 is 1.00 bits per heavy atom. The molecule has 10 rings (SSSR count). The molecule has 0 atom stereocenters. The lowest BCUT2D eigenvalue weighted by Gasteiger charge is -2.30. The lowest BCUT2D eigenvalue weighted by molar-refractivity contribution is 0.631. The summed E-state index contributed by atoms with van der Waals surface area (Å²) in [6.45, 7) is 0. The van der Waals surface area contributed by atoms with Crippen LogP contribution in [-0.4, -0.2) is 4.40 Å². The number of allylic oxidation sites excluding steroid dienone is 8. The molecule has 0 saturated carbocycles. The molecule has 4 nitrogen and oxygen atoms in total. The minimum atomic E-state index is 0.877. The Labute approximate surface area is 302 Å². The van der Waals surface area contributed by atoms with Gasteiger partial charge in [0.1, 0.15) is 22.7 Å². The third-order valence-electron chi connectivity index (χ3n) is 10.5. The quantitative estimate of drug-likeness (QED) is 0.169. The number of hydrogen-bond donors (Lipinski definition) is 0. The molecule has 0 radical (unpaired) electrons. The fourth-order valence-electron chi connectivity index (χ4n) is 7.73. The largest absolute Gasteiger partial charge is 0.456 e. The van der Waals surface area contributed by atoms with E-state index < -0.39 is 0 Å². The summed E-state index contributed by atoms with van der Waals surface area (Å²) < 4.78 is 14.6. The van der Waals surface area contributed by atoms with Crippen LogP contribution in [0.5, 0.6) is 0 Å². The molecule has 0 bridgehead atoms. The first kappa shape index (κ1) is 30.3. The molecule has 52 heavy (non-hydrogen) atoms. The third kappa shape index (κ3) is 5.59. The Hall–Kier alpha value is -6.52.